The van der Waals surface area contributed by atoms with E-state index in [9.17, 15) is 9.18 Å². The number of carbonyl (C=O) groups excluding carboxylic acids is 1. The van der Waals surface area contributed by atoms with E-state index < -0.39 is 11.9 Å². The summed E-state index contributed by atoms with van der Waals surface area (Å²) in [4.78, 5) is 16.4. The highest BCUT2D eigenvalue weighted by Crippen LogP contribution is 2.27. The van der Waals surface area contributed by atoms with E-state index in [0.717, 1.165) is 0 Å². The van der Waals surface area contributed by atoms with Crippen LogP contribution in [-0.4, -0.2) is 27.2 Å². The summed E-state index contributed by atoms with van der Waals surface area (Å²) in [5.74, 6) is -0.414. The van der Waals surface area contributed by atoms with Crippen molar-refractivity contribution in [2.45, 2.75) is 13.0 Å². The van der Waals surface area contributed by atoms with Gasteiger partial charge < -0.3 is 4.74 Å². The fourth-order valence-corrected chi connectivity index (χ4v) is 3.06. The standard InChI is InChI=1S/C16H12BrFN4O2S/c1-9(24-13-6-5-10(18)8-11(13)17)14(23)20-16-22-21-15(25-16)12-4-2-3-7-19-12/h2-9H,1H3,(H,20,22,23). The number of aromatic nitrogens is 3. The smallest absolute Gasteiger partial charge is 0.266 e. The fraction of sp³-hybridized carbons (Fsp3) is 0.125. The number of hydrogen-bond donors (Lipinski definition) is 1. The van der Waals surface area contributed by atoms with Crippen LogP contribution in [0.5, 0.6) is 5.75 Å². The third-order valence-corrected chi connectivity index (χ3v) is 4.59. The first-order chi connectivity index (χ1) is 12.0. The van der Waals surface area contributed by atoms with E-state index >= 15 is 0 Å². The number of halogens is 2. The minimum atomic E-state index is -0.802. The van der Waals surface area contributed by atoms with Crippen molar-refractivity contribution >= 4 is 38.3 Å². The Balaban J connectivity index is 1.65. The van der Waals surface area contributed by atoms with E-state index in [0.29, 0.717) is 26.1 Å². The van der Waals surface area contributed by atoms with Crippen molar-refractivity contribution in [1.82, 2.24) is 15.2 Å². The Bertz CT molecular complexity index is 891. The molecule has 3 rings (SSSR count). The molecule has 1 N–H and O–H groups in total. The lowest BCUT2D eigenvalue weighted by Gasteiger charge is -2.14. The third-order valence-electron chi connectivity index (χ3n) is 3.11. The molecule has 1 aromatic carbocycles. The van der Waals surface area contributed by atoms with Crippen molar-refractivity contribution in [2.75, 3.05) is 5.32 Å². The molecule has 0 bridgehead atoms. The molecule has 9 heteroatoms. The van der Waals surface area contributed by atoms with Crippen LogP contribution in [0.25, 0.3) is 10.7 Å². The molecule has 0 saturated carbocycles. The van der Waals surface area contributed by atoms with Gasteiger partial charge in [-0.05, 0) is 53.2 Å². The SMILES string of the molecule is CC(Oc1ccc(F)cc1Br)C(=O)Nc1nnc(-c2ccccn2)s1. The second-order valence-corrected chi connectivity index (χ2v) is 6.78. The normalized spacial score (nSPS) is 11.8. The van der Waals surface area contributed by atoms with E-state index in [1.807, 2.05) is 12.1 Å². The molecule has 0 spiro atoms. The molecule has 1 amide bonds. The molecule has 0 saturated heterocycles. The predicted molar refractivity (Wildman–Crippen MR) is 96.0 cm³/mol. The van der Waals surface area contributed by atoms with Crippen LogP contribution >= 0.6 is 27.3 Å². The fourth-order valence-electron chi connectivity index (χ4n) is 1.89. The summed E-state index contributed by atoms with van der Waals surface area (Å²) in [6, 6.07) is 9.44. The van der Waals surface area contributed by atoms with E-state index in [2.05, 4.69) is 36.4 Å². The van der Waals surface area contributed by atoms with Crippen LogP contribution in [0.4, 0.5) is 9.52 Å². The molecule has 0 aliphatic rings. The van der Waals surface area contributed by atoms with E-state index in [1.54, 1.807) is 19.2 Å². The first kappa shape index (κ1) is 17.4. The van der Waals surface area contributed by atoms with Crippen LogP contribution < -0.4 is 10.1 Å². The van der Waals surface area contributed by atoms with Gasteiger partial charge in [0.2, 0.25) is 5.13 Å². The number of amides is 1. The van der Waals surface area contributed by atoms with Crippen LogP contribution in [0, 0.1) is 5.82 Å². The quantitative estimate of drug-likeness (QED) is 0.674. The highest BCUT2D eigenvalue weighted by atomic mass is 79.9. The number of rotatable bonds is 5. The van der Waals surface area contributed by atoms with Crippen molar-refractivity contribution in [2.24, 2.45) is 0 Å². The van der Waals surface area contributed by atoms with Crippen LogP contribution in [0.3, 0.4) is 0 Å². The number of nitrogens with zero attached hydrogens (tertiary/aromatic N) is 3. The summed E-state index contributed by atoms with van der Waals surface area (Å²) < 4.78 is 19.1. The first-order valence-corrected chi connectivity index (χ1v) is 8.81. The second kappa shape index (κ2) is 7.66. The predicted octanol–water partition coefficient (Wildman–Crippen LogP) is 3.91. The lowest BCUT2D eigenvalue weighted by Crippen LogP contribution is -2.30. The van der Waals surface area contributed by atoms with Gasteiger partial charge in [0.25, 0.3) is 5.91 Å². The Morgan fingerprint density at radius 2 is 2.16 bits per heavy atom. The summed E-state index contributed by atoms with van der Waals surface area (Å²) in [7, 11) is 0. The number of anilines is 1. The number of benzene rings is 1. The zero-order chi connectivity index (χ0) is 17.8. The van der Waals surface area contributed by atoms with Crippen molar-refractivity contribution in [3.05, 3.63) is 52.9 Å². The number of hydrogen-bond acceptors (Lipinski definition) is 6. The molecular formula is C16H12BrFN4O2S. The van der Waals surface area contributed by atoms with Gasteiger partial charge >= 0.3 is 0 Å². The Hall–Kier alpha value is -2.39. The summed E-state index contributed by atoms with van der Waals surface area (Å²) in [5, 5.41) is 11.5. The van der Waals surface area contributed by atoms with Crippen molar-refractivity contribution in [1.29, 1.82) is 0 Å². The lowest BCUT2D eigenvalue weighted by molar-refractivity contribution is -0.122. The number of nitrogens with one attached hydrogen (secondary N) is 1. The molecule has 25 heavy (non-hydrogen) atoms. The number of carbonyl (C=O) groups is 1. The topological polar surface area (TPSA) is 77.0 Å². The molecule has 0 fully saturated rings. The van der Waals surface area contributed by atoms with E-state index in [4.69, 9.17) is 4.74 Å². The monoisotopic (exact) mass is 422 g/mol. The summed E-state index contributed by atoms with van der Waals surface area (Å²) >= 11 is 4.41. The largest absolute Gasteiger partial charge is 0.480 e. The van der Waals surface area contributed by atoms with Gasteiger partial charge in [0.05, 0.1) is 4.47 Å². The van der Waals surface area contributed by atoms with Crippen molar-refractivity contribution in [3.8, 4) is 16.5 Å². The maximum absolute atomic E-state index is 13.1. The molecule has 2 heterocycles. The molecule has 2 aromatic heterocycles. The minimum absolute atomic E-state index is 0.347. The number of pyridine rings is 1. The van der Waals surface area contributed by atoms with Gasteiger partial charge in [-0.3, -0.25) is 15.1 Å². The summed E-state index contributed by atoms with van der Waals surface area (Å²) in [6.07, 6.45) is 0.856. The third kappa shape index (κ3) is 4.37. The highest BCUT2D eigenvalue weighted by molar-refractivity contribution is 9.10. The van der Waals surface area contributed by atoms with E-state index in [1.165, 1.54) is 29.5 Å². The molecule has 0 aliphatic carbocycles. The van der Waals surface area contributed by atoms with Gasteiger partial charge in [-0.2, -0.15) is 0 Å². The molecule has 128 valence electrons. The van der Waals surface area contributed by atoms with Crippen LogP contribution in [-0.2, 0) is 4.79 Å². The van der Waals surface area contributed by atoms with Crippen molar-refractivity contribution in [3.63, 3.8) is 0 Å². The Kier molecular flexibility index (Phi) is 5.34. The van der Waals surface area contributed by atoms with Crippen molar-refractivity contribution < 1.29 is 13.9 Å². The lowest BCUT2D eigenvalue weighted by atomic mass is 10.3. The number of ether oxygens (including phenoxy) is 1. The minimum Gasteiger partial charge on any atom is -0.480 e. The van der Waals surface area contributed by atoms with Gasteiger partial charge in [-0.15, -0.1) is 10.2 Å². The second-order valence-electron chi connectivity index (χ2n) is 4.95. The Morgan fingerprint density at radius 1 is 1.32 bits per heavy atom. The molecule has 0 aliphatic heterocycles. The molecule has 1 unspecified atom stereocenters. The summed E-state index contributed by atoms with van der Waals surface area (Å²) in [6.45, 7) is 1.59. The maximum atomic E-state index is 13.1. The van der Waals surface area contributed by atoms with Gasteiger partial charge in [-0.25, -0.2) is 4.39 Å². The summed E-state index contributed by atoms with van der Waals surface area (Å²) in [5.41, 5.74) is 0.681. The zero-order valence-electron chi connectivity index (χ0n) is 12.9. The average molecular weight is 423 g/mol. The molecular weight excluding hydrogens is 411 g/mol. The highest BCUT2D eigenvalue weighted by Gasteiger charge is 2.18. The van der Waals surface area contributed by atoms with Crippen LogP contribution in [0.2, 0.25) is 0 Å². The van der Waals surface area contributed by atoms with Crippen LogP contribution in [0.1, 0.15) is 6.92 Å². The van der Waals surface area contributed by atoms with E-state index in [-0.39, 0.29) is 5.91 Å². The van der Waals surface area contributed by atoms with Gasteiger partial charge in [-0.1, -0.05) is 17.4 Å². The van der Waals surface area contributed by atoms with Gasteiger partial charge in [0.15, 0.2) is 11.1 Å². The Labute approximate surface area is 155 Å². The van der Waals surface area contributed by atoms with Crippen LogP contribution in [0.15, 0.2) is 47.1 Å². The Morgan fingerprint density at radius 3 is 2.88 bits per heavy atom. The molecule has 6 nitrogen and oxygen atoms in total. The molecule has 0 radical (unpaired) electrons. The zero-order valence-corrected chi connectivity index (χ0v) is 15.3. The maximum Gasteiger partial charge on any atom is 0.266 e. The van der Waals surface area contributed by atoms with Gasteiger partial charge in [0, 0.05) is 6.20 Å². The molecule has 1 atom stereocenters. The average Bonchev–Trinajstić information content (AvgIpc) is 3.06. The first-order valence-electron chi connectivity index (χ1n) is 7.20. The van der Waals surface area contributed by atoms with Gasteiger partial charge in [0.1, 0.15) is 17.3 Å². The molecule has 3 aromatic rings.